The normalized spacial score (nSPS) is 27.5. The van der Waals surface area contributed by atoms with E-state index in [0.717, 1.165) is 52.7 Å². The van der Waals surface area contributed by atoms with Gasteiger partial charge < -0.3 is 9.84 Å². The second-order valence-electron chi connectivity index (χ2n) is 6.54. The van der Waals surface area contributed by atoms with Crippen molar-refractivity contribution < 1.29 is 9.84 Å². The van der Waals surface area contributed by atoms with Gasteiger partial charge in [-0.1, -0.05) is 11.6 Å². The van der Waals surface area contributed by atoms with Crippen LogP contribution >= 0.6 is 27.5 Å². The number of hydrogen-bond donors (Lipinski definition) is 1. The van der Waals surface area contributed by atoms with Gasteiger partial charge in [0.05, 0.1) is 11.7 Å². The lowest BCUT2D eigenvalue weighted by atomic mass is 10.1. The zero-order valence-corrected chi connectivity index (χ0v) is 15.2. The molecule has 2 fully saturated rings. The van der Waals surface area contributed by atoms with Crippen LogP contribution in [0.4, 0.5) is 0 Å². The van der Waals surface area contributed by atoms with E-state index in [0.29, 0.717) is 11.8 Å². The molecule has 1 aliphatic carbocycles. The Labute approximate surface area is 148 Å². The number of aliphatic hydroxyl groups excluding tert-OH is 1. The first kappa shape index (κ1) is 15.9. The molecule has 0 spiro atoms. The molecule has 2 aromatic rings. The van der Waals surface area contributed by atoms with E-state index < -0.39 is 0 Å². The van der Waals surface area contributed by atoms with E-state index >= 15 is 0 Å². The van der Waals surface area contributed by atoms with Crippen LogP contribution in [0.5, 0.6) is 0 Å². The first-order chi connectivity index (χ1) is 11.2. The summed E-state index contributed by atoms with van der Waals surface area (Å²) in [6.07, 6.45) is 7.15. The molecule has 124 valence electrons. The lowest BCUT2D eigenvalue weighted by Crippen LogP contribution is -2.18. The minimum absolute atomic E-state index is 0.0122. The molecule has 23 heavy (non-hydrogen) atoms. The number of fused-ring (bicyclic) bond motifs is 1. The molecule has 2 aliphatic rings. The molecule has 1 saturated carbocycles. The van der Waals surface area contributed by atoms with Gasteiger partial charge in [-0.3, -0.25) is 0 Å². The number of benzene rings is 1. The van der Waals surface area contributed by atoms with Gasteiger partial charge in [0.2, 0.25) is 0 Å². The zero-order valence-electron chi connectivity index (χ0n) is 12.8. The van der Waals surface area contributed by atoms with Gasteiger partial charge in [-0.2, -0.15) is 5.10 Å². The Bertz CT molecular complexity index is 727. The summed E-state index contributed by atoms with van der Waals surface area (Å²) < 4.78 is 8.88. The summed E-state index contributed by atoms with van der Waals surface area (Å²) in [5.74, 6) is 0.991. The highest BCUT2D eigenvalue weighted by Gasteiger charge is 2.40. The monoisotopic (exact) mass is 398 g/mol. The van der Waals surface area contributed by atoms with E-state index in [-0.39, 0.29) is 12.8 Å². The molecule has 1 N–H and O–H groups in total. The van der Waals surface area contributed by atoms with Gasteiger partial charge in [0.15, 0.2) is 6.23 Å². The minimum Gasteiger partial charge on any atom is -0.396 e. The Morgan fingerprint density at radius 3 is 3.04 bits per heavy atom. The highest BCUT2D eigenvalue weighted by Crippen LogP contribution is 2.54. The average Bonchev–Trinajstić information content (AvgIpc) is 3.16. The van der Waals surface area contributed by atoms with E-state index in [9.17, 15) is 0 Å². The van der Waals surface area contributed by atoms with Crippen LogP contribution in [0.2, 0.25) is 5.02 Å². The SMILES string of the molecule is OCC[C@@H]1C[C@@H]1c1c(Cl)cc2c(cnn2C2CCCCO2)c1Br. The maximum Gasteiger partial charge on any atom is 0.150 e. The molecule has 1 unspecified atom stereocenters. The third-order valence-corrected chi connectivity index (χ3v) is 6.22. The second-order valence-corrected chi connectivity index (χ2v) is 7.74. The van der Waals surface area contributed by atoms with E-state index in [2.05, 4.69) is 21.0 Å². The van der Waals surface area contributed by atoms with Crippen LogP contribution in [0.15, 0.2) is 16.7 Å². The summed E-state index contributed by atoms with van der Waals surface area (Å²) in [5.41, 5.74) is 2.19. The quantitative estimate of drug-likeness (QED) is 0.815. The van der Waals surface area contributed by atoms with Crippen LogP contribution < -0.4 is 0 Å². The van der Waals surface area contributed by atoms with Crippen LogP contribution in [0.25, 0.3) is 10.9 Å². The molecule has 4 rings (SSSR count). The van der Waals surface area contributed by atoms with Gasteiger partial charge in [0.25, 0.3) is 0 Å². The second kappa shape index (κ2) is 6.36. The maximum absolute atomic E-state index is 9.13. The number of aliphatic hydroxyl groups is 1. The van der Waals surface area contributed by atoms with Gasteiger partial charge in [-0.05, 0) is 71.5 Å². The number of rotatable bonds is 4. The molecular weight excluding hydrogens is 380 g/mol. The predicted octanol–water partition coefficient (Wildman–Crippen LogP) is 4.64. The molecule has 4 nitrogen and oxygen atoms in total. The summed E-state index contributed by atoms with van der Waals surface area (Å²) in [6, 6.07) is 2.02. The van der Waals surface area contributed by atoms with Gasteiger partial charge in [-0.25, -0.2) is 4.68 Å². The molecule has 2 heterocycles. The van der Waals surface area contributed by atoms with Crippen molar-refractivity contribution in [3.63, 3.8) is 0 Å². The molecule has 0 bridgehead atoms. The van der Waals surface area contributed by atoms with E-state index in [1.165, 1.54) is 12.0 Å². The van der Waals surface area contributed by atoms with Crippen LogP contribution in [-0.2, 0) is 4.74 Å². The fraction of sp³-hybridized carbons (Fsp3) is 0.588. The molecule has 1 aromatic heterocycles. The van der Waals surface area contributed by atoms with Crippen molar-refractivity contribution in [1.82, 2.24) is 9.78 Å². The Balaban J connectivity index is 1.72. The molecule has 0 amide bonds. The first-order valence-electron chi connectivity index (χ1n) is 8.28. The third-order valence-electron chi connectivity index (χ3n) is 5.05. The van der Waals surface area contributed by atoms with Gasteiger partial charge >= 0.3 is 0 Å². The molecular formula is C17H20BrClN2O2. The highest BCUT2D eigenvalue weighted by atomic mass is 79.9. The summed E-state index contributed by atoms with van der Waals surface area (Å²) in [5, 5.41) is 15.6. The molecule has 1 aromatic carbocycles. The molecule has 1 aliphatic heterocycles. The summed E-state index contributed by atoms with van der Waals surface area (Å²) in [6.45, 7) is 1.04. The predicted molar refractivity (Wildman–Crippen MR) is 93.8 cm³/mol. The molecule has 1 saturated heterocycles. The topological polar surface area (TPSA) is 47.3 Å². The maximum atomic E-state index is 9.13. The summed E-state index contributed by atoms with van der Waals surface area (Å²) >= 11 is 10.4. The van der Waals surface area contributed by atoms with Crippen molar-refractivity contribution in [2.75, 3.05) is 13.2 Å². The van der Waals surface area contributed by atoms with E-state index in [1.807, 2.05) is 16.9 Å². The lowest BCUT2D eigenvalue weighted by Gasteiger charge is -2.23. The fourth-order valence-corrected chi connectivity index (χ4v) is 4.97. The van der Waals surface area contributed by atoms with Gasteiger partial charge in [0.1, 0.15) is 0 Å². The van der Waals surface area contributed by atoms with Gasteiger partial charge in [-0.15, -0.1) is 0 Å². The summed E-state index contributed by atoms with van der Waals surface area (Å²) in [4.78, 5) is 0. The van der Waals surface area contributed by atoms with E-state index in [1.54, 1.807) is 0 Å². The Kier molecular flexibility index (Phi) is 4.39. The minimum atomic E-state index is 0.0122. The molecule has 0 radical (unpaired) electrons. The Morgan fingerprint density at radius 2 is 2.30 bits per heavy atom. The zero-order chi connectivity index (χ0) is 16.0. The first-order valence-corrected chi connectivity index (χ1v) is 9.45. The molecule has 3 atom stereocenters. The number of halogens is 2. The average molecular weight is 400 g/mol. The van der Waals surface area contributed by atoms with Crippen LogP contribution in [0.3, 0.4) is 0 Å². The van der Waals surface area contributed by atoms with Crippen LogP contribution in [0, 0.1) is 5.92 Å². The van der Waals surface area contributed by atoms with Crippen molar-refractivity contribution in [3.8, 4) is 0 Å². The van der Waals surface area contributed by atoms with E-state index in [4.69, 9.17) is 21.4 Å². The number of ether oxygens (including phenoxy) is 1. The van der Waals surface area contributed by atoms with Crippen molar-refractivity contribution in [3.05, 3.63) is 27.3 Å². The number of aromatic nitrogens is 2. The Morgan fingerprint density at radius 1 is 1.43 bits per heavy atom. The van der Waals surface area contributed by atoms with Gasteiger partial charge in [0, 0.05) is 28.1 Å². The van der Waals surface area contributed by atoms with Crippen molar-refractivity contribution in [1.29, 1.82) is 0 Å². The van der Waals surface area contributed by atoms with Crippen molar-refractivity contribution >= 4 is 38.4 Å². The highest BCUT2D eigenvalue weighted by molar-refractivity contribution is 9.10. The van der Waals surface area contributed by atoms with Crippen LogP contribution in [-0.4, -0.2) is 28.1 Å². The summed E-state index contributed by atoms with van der Waals surface area (Å²) in [7, 11) is 0. The number of nitrogens with zero attached hydrogens (tertiary/aromatic N) is 2. The Hall–Kier alpha value is -0.620. The third kappa shape index (κ3) is 2.82. The van der Waals surface area contributed by atoms with Crippen LogP contribution in [0.1, 0.15) is 49.8 Å². The fourth-order valence-electron chi connectivity index (χ4n) is 3.70. The standard InChI is InChI=1S/C17H20BrClN2O2/c18-17-12-9-20-21(15-3-1-2-6-23-15)14(12)8-13(19)16(17)11-7-10(11)4-5-22/h8-11,15,22H,1-7H2/t10-,11+,15?/m1/s1. The number of hydrogen-bond acceptors (Lipinski definition) is 3. The molecule has 6 heteroatoms. The van der Waals surface area contributed by atoms with Crippen molar-refractivity contribution in [2.45, 2.75) is 44.2 Å². The lowest BCUT2D eigenvalue weighted by molar-refractivity contribution is -0.0366. The van der Waals surface area contributed by atoms with Crippen molar-refractivity contribution in [2.24, 2.45) is 5.92 Å². The smallest absolute Gasteiger partial charge is 0.150 e. The largest absolute Gasteiger partial charge is 0.396 e.